The molecule has 0 radical (unpaired) electrons. The van der Waals surface area contributed by atoms with E-state index in [2.05, 4.69) is 5.32 Å². The zero-order valence-electron chi connectivity index (χ0n) is 5.46. The molecule has 0 unspecified atom stereocenters. The van der Waals surface area contributed by atoms with Crippen LogP contribution in [-0.2, 0) is 0 Å². The van der Waals surface area contributed by atoms with Crippen LogP contribution in [0.3, 0.4) is 0 Å². The van der Waals surface area contributed by atoms with Crippen molar-refractivity contribution in [1.29, 1.82) is 0 Å². The molecule has 0 saturated carbocycles. The van der Waals surface area contributed by atoms with Crippen LogP contribution in [0.4, 0.5) is 4.79 Å². The molecule has 1 aliphatic rings. The molecule has 2 atom stereocenters. The fourth-order valence-electron chi connectivity index (χ4n) is 0.827. The summed E-state index contributed by atoms with van der Waals surface area (Å²) in [6, 6.07) is -0.363. The molecule has 0 aromatic carbocycles. The first-order chi connectivity index (χ1) is 4.13. The number of carbonyl (C=O) groups is 1. The van der Waals surface area contributed by atoms with E-state index in [0.29, 0.717) is 0 Å². The lowest BCUT2D eigenvalue weighted by molar-refractivity contribution is 0.0606. The maximum Gasteiger partial charge on any atom is 0.319 e. The third kappa shape index (κ3) is 0.853. The number of amides is 2. The highest BCUT2D eigenvalue weighted by Gasteiger charge is 2.31. The second-order valence-corrected chi connectivity index (χ2v) is 2.26. The van der Waals surface area contributed by atoms with E-state index in [1.807, 2.05) is 0 Å². The molecule has 2 N–H and O–H groups in total. The molecule has 1 rings (SSSR count). The van der Waals surface area contributed by atoms with Gasteiger partial charge in [-0.25, -0.2) is 4.79 Å². The molecule has 1 heterocycles. The van der Waals surface area contributed by atoms with Crippen LogP contribution in [0.25, 0.3) is 0 Å². The highest BCUT2D eigenvalue weighted by molar-refractivity contribution is 5.76. The number of aliphatic hydroxyl groups excluding tert-OH is 1. The first-order valence-corrected chi connectivity index (χ1v) is 2.84. The molecule has 0 aromatic rings. The molecule has 1 aliphatic heterocycles. The lowest BCUT2D eigenvalue weighted by Gasteiger charge is -2.12. The number of aliphatic hydroxyl groups is 1. The fourth-order valence-corrected chi connectivity index (χ4v) is 0.827. The molecule has 4 heteroatoms. The van der Waals surface area contributed by atoms with Gasteiger partial charge >= 0.3 is 6.03 Å². The fraction of sp³-hybridized carbons (Fsp3) is 0.800. The normalized spacial score (nSPS) is 35.0. The van der Waals surface area contributed by atoms with Gasteiger partial charge in [-0.1, -0.05) is 0 Å². The van der Waals surface area contributed by atoms with E-state index in [-0.39, 0.29) is 12.1 Å². The summed E-state index contributed by atoms with van der Waals surface area (Å²) >= 11 is 0. The summed E-state index contributed by atoms with van der Waals surface area (Å²) in [4.78, 5) is 11.9. The van der Waals surface area contributed by atoms with Gasteiger partial charge in [0.15, 0.2) is 6.23 Å². The summed E-state index contributed by atoms with van der Waals surface area (Å²) in [7, 11) is 1.56. The van der Waals surface area contributed by atoms with Gasteiger partial charge in [-0.3, -0.25) is 0 Å². The molecule has 1 fully saturated rings. The average molecular weight is 130 g/mol. The molecule has 1 saturated heterocycles. The summed E-state index contributed by atoms with van der Waals surface area (Å²) in [5.74, 6) is 0. The second kappa shape index (κ2) is 1.88. The van der Waals surface area contributed by atoms with E-state index in [4.69, 9.17) is 5.11 Å². The van der Waals surface area contributed by atoms with E-state index in [1.54, 1.807) is 14.0 Å². The monoisotopic (exact) mass is 130 g/mol. The van der Waals surface area contributed by atoms with Crippen molar-refractivity contribution in [2.45, 2.75) is 19.2 Å². The highest BCUT2D eigenvalue weighted by atomic mass is 16.3. The van der Waals surface area contributed by atoms with Crippen molar-refractivity contribution in [3.8, 4) is 0 Å². The van der Waals surface area contributed by atoms with Crippen LogP contribution in [0, 0.1) is 0 Å². The van der Waals surface area contributed by atoms with Gasteiger partial charge in [0.25, 0.3) is 0 Å². The Labute approximate surface area is 53.5 Å². The number of hydrogen-bond acceptors (Lipinski definition) is 2. The van der Waals surface area contributed by atoms with Crippen LogP contribution in [0.15, 0.2) is 0 Å². The maximum absolute atomic E-state index is 10.6. The zero-order chi connectivity index (χ0) is 7.02. The van der Waals surface area contributed by atoms with Gasteiger partial charge in [-0.2, -0.15) is 0 Å². The predicted octanol–water partition coefficient (Wildman–Crippen LogP) is -0.652. The van der Waals surface area contributed by atoms with Crippen LogP contribution in [0.1, 0.15) is 6.92 Å². The van der Waals surface area contributed by atoms with E-state index in [0.717, 1.165) is 0 Å². The first kappa shape index (κ1) is 6.35. The Bertz CT molecular complexity index is 137. The molecule has 0 aromatic heterocycles. The summed E-state index contributed by atoms with van der Waals surface area (Å²) in [6.45, 7) is 1.76. The summed E-state index contributed by atoms with van der Waals surface area (Å²) in [5, 5.41) is 11.6. The van der Waals surface area contributed by atoms with Crippen LogP contribution in [0.2, 0.25) is 0 Å². The van der Waals surface area contributed by atoms with Gasteiger partial charge in [-0.15, -0.1) is 0 Å². The van der Waals surface area contributed by atoms with Crippen LogP contribution >= 0.6 is 0 Å². The summed E-state index contributed by atoms with van der Waals surface area (Å²) < 4.78 is 0. The number of hydrogen-bond donors (Lipinski definition) is 2. The SMILES string of the molecule is C[C@@H]1NC(=O)N(C)[C@@H]1O. The van der Waals surface area contributed by atoms with Gasteiger partial charge in [0.1, 0.15) is 0 Å². The molecule has 9 heavy (non-hydrogen) atoms. The van der Waals surface area contributed by atoms with Crippen molar-refractivity contribution in [3.05, 3.63) is 0 Å². The quantitative estimate of drug-likeness (QED) is 0.457. The Morgan fingerprint density at radius 3 is 2.44 bits per heavy atom. The largest absolute Gasteiger partial charge is 0.371 e. The van der Waals surface area contributed by atoms with Gasteiger partial charge in [0.05, 0.1) is 6.04 Å². The van der Waals surface area contributed by atoms with Crippen molar-refractivity contribution in [3.63, 3.8) is 0 Å². The molecular weight excluding hydrogens is 120 g/mol. The summed E-state index contributed by atoms with van der Waals surface area (Å²) in [6.07, 6.45) is -0.669. The van der Waals surface area contributed by atoms with Crippen molar-refractivity contribution < 1.29 is 9.90 Å². The van der Waals surface area contributed by atoms with E-state index >= 15 is 0 Å². The Morgan fingerprint density at radius 1 is 1.78 bits per heavy atom. The van der Waals surface area contributed by atoms with E-state index < -0.39 is 6.23 Å². The molecular formula is C5H10N2O2. The minimum atomic E-state index is -0.669. The minimum absolute atomic E-state index is 0.150. The molecule has 4 nitrogen and oxygen atoms in total. The number of nitrogens with one attached hydrogen (secondary N) is 1. The Balaban J connectivity index is 2.65. The van der Waals surface area contributed by atoms with Gasteiger partial charge < -0.3 is 15.3 Å². The third-order valence-corrected chi connectivity index (χ3v) is 1.52. The Kier molecular flexibility index (Phi) is 1.32. The Morgan fingerprint density at radius 2 is 2.33 bits per heavy atom. The average Bonchev–Trinajstić information content (AvgIpc) is 1.98. The molecule has 0 bridgehead atoms. The molecule has 2 amide bonds. The predicted molar refractivity (Wildman–Crippen MR) is 31.8 cm³/mol. The second-order valence-electron chi connectivity index (χ2n) is 2.26. The van der Waals surface area contributed by atoms with Crippen molar-refractivity contribution >= 4 is 6.03 Å². The van der Waals surface area contributed by atoms with Crippen molar-refractivity contribution in [2.75, 3.05) is 7.05 Å². The van der Waals surface area contributed by atoms with Crippen LogP contribution in [0.5, 0.6) is 0 Å². The summed E-state index contributed by atoms with van der Waals surface area (Å²) in [5.41, 5.74) is 0. The van der Waals surface area contributed by atoms with Gasteiger partial charge in [-0.05, 0) is 6.92 Å². The van der Waals surface area contributed by atoms with E-state index in [9.17, 15) is 4.79 Å². The van der Waals surface area contributed by atoms with Crippen molar-refractivity contribution in [1.82, 2.24) is 10.2 Å². The molecule has 52 valence electrons. The topological polar surface area (TPSA) is 52.6 Å². The molecule has 0 aliphatic carbocycles. The number of rotatable bonds is 0. The smallest absolute Gasteiger partial charge is 0.319 e. The first-order valence-electron chi connectivity index (χ1n) is 2.84. The lowest BCUT2D eigenvalue weighted by Crippen LogP contribution is -2.31. The molecule has 0 spiro atoms. The standard InChI is InChI=1S/C5H10N2O2/c1-3-4(8)7(2)5(9)6-3/h3-4,8H,1-2H3,(H,6,9)/t3-,4+/m0/s1. The zero-order valence-corrected chi connectivity index (χ0v) is 5.46. The number of likely N-dealkylation sites (N-methyl/N-ethyl adjacent to an activating group) is 1. The third-order valence-electron chi connectivity index (χ3n) is 1.52. The van der Waals surface area contributed by atoms with Gasteiger partial charge in [0.2, 0.25) is 0 Å². The number of urea groups is 1. The van der Waals surface area contributed by atoms with Gasteiger partial charge in [0, 0.05) is 7.05 Å². The lowest BCUT2D eigenvalue weighted by atomic mass is 10.3. The Hall–Kier alpha value is -0.770. The van der Waals surface area contributed by atoms with E-state index in [1.165, 1.54) is 4.90 Å². The van der Waals surface area contributed by atoms with Crippen LogP contribution in [-0.4, -0.2) is 35.4 Å². The van der Waals surface area contributed by atoms with Crippen LogP contribution < -0.4 is 5.32 Å². The van der Waals surface area contributed by atoms with Crippen molar-refractivity contribution in [2.24, 2.45) is 0 Å². The number of nitrogens with zero attached hydrogens (tertiary/aromatic N) is 1. The highest BCUT2D eigenvalue weighted by Crippen LogP contribution is 2.06. The minimum Gasteiger partial charge on any atom is -0.371 e. The number of carbonyl (C=O) groups excluding carboxylic acids is 1. The maximum atomic E-state index is 10.6.